The summed E-state index contributed by atoms with van der Waals surface area (Å²) in [7, 11) is 0. The number of carboxylic acid groups (broad SMARTS) is 1. The van der Waals surface area contributed by atoms with Crippen molar-refractivity contribution in [1.29, 1.82) is 0 Å². The predicted octanol–water partition coefficient (Wildman–Crippen LogP) is 1.74. The highest BCUT2D eigenvalue weighted by molar-refractivity contribution is 7.15. The van der Waals surface area contributed by atoms with Crippen LogP contribution in [0.25, 0.3) is 0 Å². The van der Waals surface area contributed by atoms with Crippen LogP contribution < -0.4 is 5.32 Å². The highest BCUT2D eigenvalue weighted by Crippen LogP contribution is 2.24. The number of aromatic carboxylic acids is 1. The predicted molar refractivity (Wildman–Crippen MR) is 61.3 cm³/mol. The van der Waals surface area contributed by atoms with Crippen molar-refractivity contribution in [2.75, 3.05) is 18.5 Å². The standard InChI is InChI=1S/C10H14N2O3S/c1-6-8(9(13)14)12-10(16-6)11-7-2-4-15-5-3-7/h7H,2-5H2,1H3,(H,11,12)(H,13,14). The first-order chi connectivity index (χ1) is 7.66. The average Bonchev–Trinajstić information content (AvgIpc) is 2.61. The molecule has 0 aliphatic carbocycles. The van der Waals surface area contributed by atoms with Gasteiger partial charge in [-0.2, -0.15) is 0 Å². The summed E-state index contributed by atoms with van der Waals surface area (Å²) in [5, 5.41) is 12.8. The summed E-state index contributed by atoms with van der Waals surface area (Å²) in [5.74, 6) is -0.964. The summed E-state index contributed by atoms with van der Waals surface area (Å²) in [6, 6.07) is 0.348. The molecule has 5 nitrogen and oxygen atoms in total. The molecule has 2 heterocycles. The van der Waals surface area contributed by atoms with E-state index in [0.29, 0.717) is 11.2 Å². The fraction of sp³-hybridized carbons (Fsp3) is 0.600. The molecule has 16 heavy (non-hydrogen) atoms. The topological polar surface area (TPSA) is 71.5 Å². The summed E-state index contributed by atoms with van der Waals surface area (Å²) < 4.78 is 5.25. The molecular formula is C10H14N2O3S. The lowest BCUT2D eigenvalue weighted by Crippen LogP contribution is -2.27. The molecule has 88 valence electrons. The molecule has 0 saturated carbocycles. The first-order valence-electron chi connectivity index (χ1n) is 5.22. The number of nitrogens with one attached hydrogen (secondary N) is 1. The number of nitrogens with zero attached hydrogens (tertiary/aromatic N) is 1. The van der Waals surface area contributed by atoms with E-state index in [4.69, 9.17) is 9.84 Å². The van der Waals surface area contributed by atoms with Crippen LogP contribution in [-0.2, 0) is 4.74 Å². The van der Waals surface area contributed by atoms with Gasteiger partial charge in [0.15, 0.2) is 10.8 Å². The maximum atomic E-state index is 10.8. The Morgan fingerprint density at radius 3 is 2.81 bits per heavy atom. The largest absolute Gasteiger partial charge is 0.476 e. The molecule has 1 aromatic heterocycles. The number of thiazole rings is 1. The van der Waals surface area contributed by atoms with Crippen LogP contribution in [0.5, 0.6) is 0 Å². The smallest absolute Gasteiger partial charge is 0.355 e. The van der Waals surface area contributed by atoms with E-state index in [1.54, 1.807) is 6.92 Å². The quantitative estimate of drug-likeness (QED) is 0.844. The highest BCUT2D eigenvalue weighted by Gasteiger charge is 2.18. The van der Waals surface area contributed by atoms with Gasteiger partial charge >= 0.3 is 5.97 Å². The van der Waals surface area contributed by atoms with Crippen molar-refractivity contribution in [2.24, 2.45) is 0 Å². The van der Waals surface area contributed by atoms with Crippen molar-refractivity contribution in [1.82, 2.24) is 4.98 Å². The van der Waals surface area contributed by atoms with E-state index in [-0.39, 0.29) is 5.69 Å². The summed E-state index contributed by atoms with van der Waals surface area (Å²) >= 11 is 1.39. The molecule has 0 unspecified atom stereocenters. The minimum Gasteiger partial charge on any atom is -0.476 e. The second-order valence-corrected chi connectivity index (χ2v) is 4.96. The molecule has 0 atom stereocenters. The molecule has 0 aromatic carbocycles. The number of aromatic nitrogens is 1. The molecule has 1 aliphatic heterocycles. The molecule has 0 spiro atoms. The average molecular weight is 242 g/mol. The van der Waals surface area contributed by atoms with Crippen LogP contribution in [0.3, 0.4) is 0 Å². The number of anilines is 1. The molecule has 2 rings (SSSR count). The Balaban J connectivity index is 2.03. The Morgan fingerprint density at radius 2 is 2.25 bits per heavy atom. The van der Waals surface area contributed by atoms with Crippen LogP contribution in [0.4, 0.5) is 5.13 Å². The van der Waals surface area contributed by atoms with Gasteiger partial charge in [-0.1, -0.05) is 0 Å². The van der Waals surface area contributed by atoms with Crippen molar-refractivity contribution in [3.05, 3.63) is 10.6 Å². The number of rotatable bonds is 3. The normalized spacial score (nSPS) is 17.3. The Labute approximate surface area is 97.5 Å². The fourth-order valence-electron chi connectivity index (χ4n) is 1.67. The second-order valence-electron chi connectivity index (χ2n) is 3.76. The van der Waals surface area contributed by atoms with Gasteiger partial charge in [0.25, 0.3) is 0 Å². The van der Waals surface area contributed by atoms with Gasteiger partial charge < -0.3 is 15.2 Å². The Morgan fingerprint density at radius 1 is 1.56 bits per heavy atom. The molecule has 2 N–H and O–H groups in total. The van der Waals surface area contributed by atoms with E-state index >= 15 is 0 Å². The number of carboxylic acids is 1. The molecule has 6 heteroatoms. The van der Waals surface area contributed by atoms with E-state index < -0.39 is 5.97 Å². The van der Waals surface area contributed by atoms with Crippen molar-refractivity contribution < 1.29 is 14.6 Å². The summed E-state index contributed by atoms with van der Waals surface area (Å²) in [6.07, 6.45) is 1.89. The number of ether oxygens (including phenoxy) is 1. The minimum atomic E-state index is -0.964. The third-order valence-corrected chi connectivity index (χ3v) is 3.45. The van der Waals surface area contributed by atoms with Gasteiger partial charge in [-0.05, 0) is 19.8 Å². The zero-order valence-electron chi connectivity index (χ0n) is 9.02. The van der Waals surface area contributed by atoms with Crippen LogP contribution in [0, 0.1) is 6.92 Å². The fourth-order valence-corrected chi connectivity index (χ4v) is 2.56. The molecule has 0 bridgehead atoms. The summed E-state index contributed by atoms with van der Waals surface area (Å²) in [5.41, 5.74) is 0.152. The van der Waals surface area contributed by atoms with E-state index in [9.17, 15) is 4.79 Å². The third kappa shape index (κ3) is 2.51. The van der Waals surface area contributed by atoms with Crippen LogP contribution in [-0.4, -0.2) is 35.3 Å². The van der Waals surface area contributed by atoms with Gasteiger partial charge in [0.05, 0.1) is 0 Å². The van der Waals surface area contributed by atoms with Crippen molar-refractivity contribution in [3.8, 4) is 0 Å². The first kappa shape index (κ1) is 11.3. The third-order valence-electron chi connectivity index (χ3n) is 2.55. The van der Waals surface area contributed by atoms with E-state index in [2.05, 4.69) is 10.3 Å². The van der Waals surface area contributed by atoms with Gasteiger partial charge in [-0.15, -0.1) is 11.3 Å². The van der Waals surface area contributed by atoms with E-state index in [1.165, 1.54) is 11.3 Å². The molecule has 1 saturated heterocycles. The summed E-state index contributed by atoms with van der Waals surface area (Å²) in [4.78, 5) is 15.6. The molecule has 1 aromatic rings. The number of carbonyl (C=O) groups is 1. The first-order valence-corrected chi connectivity index (χ1v) is 6.03. The SMILES string of the molecule is Cc1sc(NC2CCOCC2)nc1C(=O)O. The molecule has 1 fully saturated rings. The van der Waals surface area contributed by atoms with E-state index in [0.717, 1.165) is 30.9 Å². The van der Waals surface area contributed by atoms with Crippen LogP contribution in [0.1, 0.15) is 28.2 Å². The number of aryl methyl sites for hydroxylation is 1. The lowest BCUT2D eigenvalue weighted by atomic mass is 10.1. The van der Waals surface area contributed by atoms with E-state index in [1.807, 2.05) is 0 Å². The molecule has 0 amide bonds. The zero-order chi connectivity index (χ0) is 11.5. The van der Waals surface area contributed by atoms with Gasteiger partial charge in [0.1, 0.15) is 0 Å². The lowest BCUT2D eigenvalue weighted by Gasteiger charge is -2.22. The summed E-state index contributed by atoms with van der Waals surface area (Å²) in [6.45, 7) is 3.29. The van der Waals surface area contributed by atoms with Crippen LogP contribution >= 0.6 is 11.3 Å². The number of hydrogen-bond donors (Lipinski definition) is 2. The maximum absolute atomic E-state index is 10.8. The van der Waals surface area contributed by atoms with Crippen LogP contribution in [0.2, 0.25) is 0 Å². The Hall–Kier alpha value is -1.14. The van der Waals surface area contributed by atoms with Crippen LogP contribution in [0.15, 0.2) is 0 Å². The lowest BCUT2D eigenvalue weighted by molar-refractivity contribution is 0.0690. The Bertz CT molecular complexity index is 385. The van der Waals surface area contributed by atoms with Gasteiger partial charge in [-0.25, -0.2) is 9.78 Å². The second kappa shape index (κ2) is 4.80. The van der Waals surface area contributed by atoms with Gasteiger partial charge in [-0.3, -0.25) is 0 Å². The number of hydrogen-bond acceptors (Lipinski definition) is 5. The highest BCUT2D eigenvalue weighted by atomic mass is 32.1. The maximum Gasteiger partial charge on any atom is 0.355 e. The monoisotopic (exact) mass is 242 g/mol. The van der Waals surface area contributed by atoms with Crippen molar-refractivity contribution in [3.63, 3.8) is 0 Å². The molecule has 1 aliphatic rings. The zero-order valence-corrected chi connectivity index (χ0v) is 9.84. The van der Waals surface area contributed by atoms with Crippen molar-refractivity contribution >= 4 is 22.4 Å². The molecular weight excluding hydrogens is 228 g/mol. The minimum absolute atomic E-state index is 0.152. The van der Waals surface area contributed by atoms with Crippen molar-refractivity contribution in [2.45, 2.75) is 25.8 Å². The van der Waals surface area contributed by atoms with Gasteiger partial charge in [0, 0.05) is 24.1 Å². The van der Waals surface area contributed by atoms with Gasteiger partial charge in [0.2, 0.25) is 0 Å². The Kier molecular flexibility index (Phi) is 3.40. The molecule has 0 radical (unpaired) electrons.